The number of rotatable bonds is 9. The van der Waals surface area contributed by atoms with Crippen LogP contribution in [0.1, 0.15) is 40.5 Å². The number of carboxylic acid groups (broad SMARTS) is 1. The number of hydrogen-bond donors (Lipinski definition) is 1. The van der Waals surface area contributed by atoms with Crippen molar-refractivity contribution in [3.63, 3.8) is 0 Å². The molecule has 1 N–H and O–H groups in total. The van der Waals surface area contributed by atoms with Gasteiger partial charge in [-0.2, -0.15) is 0 Å². The van der Waals surface area contributed by atoms with E-state index in [-0.39, 0.29) is 19.1 Å². The monoisotopic (exact) mass is 296 g/mol. The van der Waals surface area contributed by atoms with Crippen LogP contribution < -0.4 is 0 Å². The Bertz CT molecular complexity index is 360. The number of hydrogen-bond acceptors (Lipinski definition) is 2. The molecular formula is C16H28N2O3. The van der Waals surface area contributed by atoms with E-state index in [1.54, 1.807) is 4.90 Å². The van der Waals surface area contributed by atoms with Gasteiger partial charge in [-0.25, -0.2) is 4.79 Å². The number of terminal acetylenes is 1. The van der Waals surface area contributed by atoms with Crippen LogP contribution in [0.25, 0.3) is 0 Å². The van der Waals surface area contributed by atoms with E-state index in [0.29, 0.717) is 24.9 Å². The van der Waals surface area contributed by atoms with Gasteiger partial charge < -0.3 is 14.9 Å². The molecule has 0 fully saturated rings. The summed E-state index contributed by atoms with van der Waals surface area (Å²) in [7, 11) is 0. The molecule has 0 rings (SSSR count). The fourth-order valence-corrected chi connectivity index (χ4v) is 1.80. The zero-order valence-electron chi connectivity index (χ0n) is 13.6. The molecule has 0 unspecified atom stereocenters. The molecule has 2 amide bonds. The average molecular weight is 296 g/mol. The highest BCUT2D eigenvalue weighted by atomic mass is 16.4. The van der Waals surface area contributed by atoms with Crippen LogP contribution in [-0.2, 0) is 4.79 Å². The summed E-state index contributed by atoms with van der Waals surface area (Å²) in [5.74, 6) is 2.28. The lowest BCUT2D eigenvalue weighted by molar-refractivity contribution is -0.137. The molecule has 0 bridgehead atoms. The molecule has 0 spiro atoms. The van der Waals surface area contributed by atoms with Gasteiger partial charge in [0.15, 0.2) is 0 Å². The summed E-state index contributed by atoms with van der Waals surface area (Å²) in [4.78, 5) is 26.3. The highest BCUT2D eigenvalue weighted by Crippen LogP contribution is 2.09. The lowest BCUT2D eigenvalue weighted by Gasteiger charge is -2.30. The lowest BCUT2D eigenvalue weighted by atomic mass is 10.1. The van der Waals surface area contributed by atoms with E-state index in [1.165, 1.54) is 4.90 Å². The van der Waals surface area contributed by atoms with Gasteiger partial charge in [0.1, 0.15) is 6.54 Å². The maximum atomic E-state index is 12.5. The Kier molecular flexibility index (Phi) is 9.27. The first-order chi connectivity index (χ1) is 9.77. The van der Waals surface area contributed by atoms with E-state index in [4.69, 9.17) is 11.5 Å². The molecule has 0 saturated carbocycles. The first-order valence-electron chi connectivity index (χ1n) is 7.47. The zero-order chi connectivity index (χ0) is 16.4. The van der Waals surface area contributed by atoms with E-state index in [0.717, 1.165) is 12.8 Å². The van der Waals surface area contributed by atoms with Gasteiger partial charge in [0.25, 0.3) is 0 Å². The van der Waals surface area contributed by atoms with E-state index >= 15 is 0 Å². The topological polar surface area (TPSA) is 60.9 Å². The van der Waals surface area contributed by atoms with E-state index in [2.05, 4.69) is 33.6 Å². The third kappa shape index (κ3) is 8.96. The molecule has 0 atom stereocenters. The van der Waals surface area contributed by atoms with E-state index in [9.17, 15) is 9.59 Å². The number of nitrogens with zero attached hydrogens (tertiary/aromatic N) is 2. The second-order valence-electron chi connectivity index (χ2n) is 6.09. The van der Waals surface area contributed by atoms with Crippen molar-refractivity contribution in [3.05, 3.63) is 0 Å². The maximum Gasteiger partial charge on any atom is 0.323 e. The van der Waals surface area contributed by atoms with Crippen LogP contribution in [-0.4, -0.2) is 53.1 Å². The number of urea groups is 1. The van der Waals surface area contributed by atoms with Gasteiger partial charge in [-0.05, 0) is 24.7 Å². The van der Waals surface area contributed by atoms with Crippen LogP contribution >= 0.6 is 0 Å². The largest absolute Gasteiger partial charge is 0.480 e. The summed E-state index contributed by atoms with van der Waals surface area (Å²) < 4.78 is 0. The molecule has 5 heteroatoms. The molecule has 0 radical (unpaired) electrons. The van der Waals surface area contributed by atoms with Crippen molar-refractivity contribution in [2.75, 3.05) is 26.2 Å². The fourth-order valence-electron chi connectivity index (χ4n) is 1.80. The third-order valence-electron chi connectivity index (χ3n) is 3.10. The maximum absolute atomic E-state index is 12.5. The molecule has 0 aliphatic heterocycles. The molecule has 0 heterocycles. The predicted octanol–water partition coefficient (Wildman–Crippen LogP) is 2.52. The van der Waals surface area contributed by atoms with Gasteiger partial charge in [0, 0.05) is 13.1 Å². The Balaban J connectivity index is 4.84. The minimum absolute atomic E-state index is 0.0188. The normalized spacial score (nSPS) is 10.5. The highest BCUT2D eigenvalue weighted by Gasteiger charge is 2.22. The zero-order valence-corrected chi connectivity index (χ0v) is 13.6. The van der Waals surface area contributed by atoms with Gasteiger partial charge in [0.2, 0.25) is 0 Å². The molecule has 0 aromatic carbocycles. The molecule has 0 aliphatic rings. The average Bonchev–Trinajstić information content (AvgIpc) is 2.36. The van der Waals surface area contributed by atoms with Gasteiger partial charge in [-0.3, -0.25) is 4.79 Å². The van der Waals surface area contributed by atoms with Crippen LogP contribution in [0.4, 0.5) is 4.79 Å². The second kappa shape index (κ2) is 10.1. The summed E-state index contributed by atoms with van der Waals surface area (Å²) >= 11 is 0. The van der Waals surface area contributed by atoms with Crippen molar-refractivity contribution >= 4 is 12.0 Å². The molecular weight excluding hydrogens is 268 g/mol. The molecule has 5 nitrogen and oxygen atoms in total. The van der Waals surface area contributed by atoms with Crippen LogP contribution in [0.3, 0.4) is 0 Å². The first-order valence-corrected chi connectivity index (χ1v) is 7.47. The smallest absolute Gasteiger partial charge is 0.323 e. The van der Waals surface area contributed by atoms with Crippen molar-refractivity contribution < 1.29 is 14.7 Å². The summed E-state index contributed by atoms with van der Waals surface area (Å²) in [6.45, 7) is 9.31. The summed E-state index contributed by atoms with van der Waals surface area (Å²) in [5.41, 5.74) is 0. The molecule has 120 valence electrons. The number of amides is 2. The number of carbonyl (C=O) groups excluding carboxylic acids is 1. The summed E-state index contributed by atoms with van der Waals surface area (Å²) in [5, 5.41) is 8.90. The summed E-state index contributed by atoms with van der Waals surface area (Å²) in [6.07, 6.45) is 7.01. The number of carboxylic acids is 1. The molecule has 0 aliphatic carbocycles. The van der Waals surface area contributed by atoms with Gasteiger partial charge in [-0.15, -0.1) is 6.42 Å². The van der Waals surface area contributed by atoms with Crippen molar-refractivity contribution in [1.29, 1.82) is 0 Å². The molecule has 0 aromatic heterocycles. The van der Waals surface area contributed by atoms with E-state index < -0.39 is 5.97 Å². The van der Waals surface area contributed by atoms with Crippen molar-refractivity contribution in [2.24, 2.45) is 11.8 Å². The predicted molar refractivity (Wildman–Crippen MR) is 83.9 cm³/mol. The molecule has 0 aromatic rings. The Hall–Kier alpha value is -1.70. The van der Waals surface area contributed by atoms with E-state index in [1.807, 2.05) is 0 Å². The fraction of sp³-hybridized carbons (Fsp3) is 0.750. The Morgan fingerprint density at radius 2 is 1.52 bits per heavy atom. The highest BCUT2D eigenvalue weighted by molar-refractivity contribution is 5.80. The standard InChI is InChI=1S/C16H28N2O3/c1-6-9-18(12-15(19)20)16(21)17(10-7-13(2)3)11-8-14(4)5/h1,13-14H,7-12H2,2-5H3,(H,19,20). The van der Waals surface area contributed by atoms with Crippen LogP contribution in [0.2, 0.25) is 0 Å². The van der Waals surface area contributed by atoms with Crippen LogP contribution in [0.15, 0.2) is 0 Å². The molecule has 0 saturated heterocycles. The van der Waals surface area contributed by atoms with Crippen molar-refractivity contribution in [3.8, 4) is 12.3 Å². The Morgan fingerprint density at radius 1 is 1.05 bits per heavy atom. The Morgan fingerprint density at radius 3 is 1.86 bits per heavy atom. The van der Waals surface area contributed by atoms with Crippen LogP contribution in [0, 0.1) is 24.2 Å². The van der Waals surface area contributed by atoms with Crippen molar-refractivity contribution in [1.82, 2.24) is 9.80 Å². The van der Waals surface area contributed by atoms with Gasteiger partial charge in [0.05, 0.1) is 6.54 Å². The van der Waals surface area contributed by atoms with Gasteiger partial charge in [-0.1, -0.05) is 33.6 Å². The van der Waals surface area contributed by atoms with Crippen molar-refractivity contribution in [2.45, 2.75) is 40.5 Å². The minimum Gasteiger partial charge on any atom is -0.480 e. The summed E-state index contributed by atoms with van der Waals surface area (Å²) in [6, 6.07) is -0.281. The van der Waals surface area contributed by atoms with Crippen LogP contribution in [0.5, 0.6) is 0 Å². The lowest BCUT2D eigenvalue weighted by Crippen LogP contribution is -2.46. The first kappa shape index (κ1) is 19.3. The minimum atomic E-state index is -1.05. The molecule has 21 heavy (non-hydrogen) atoms. The Labute approximate surface area is 128 Å². The van der Waals surface area contributed by atoms with Gasteiger partial charge >= 0.3 is 12.0 Å². The number of carbonyl (C=O) groups is 2. The quantitative estimate of drug-likeness (QED) is 0.665. The second-order valence-corrected chi connectivity index (χ2v) is 6.09. The SMILES string of the molecule is C#CCN(CC(=O)O)C(=O)N(CCC(C)C)CCC(C)C. The number of aliphatic carboxylic acids is 1. The third-order valence-corrected chi connectivity index (χ3v) is 3.10.